The molecule has 1 aromatic rings. The summed E-state index contributed by atoms with van der Waals surface area (Å²) in [5.74, 6) is -0.186. The first-order valence-electron chi connectivity index (χ1n) is 9.55. The van der Waals surface area contributed by atoms with Gasteiger partial charge >= 0.3 is 0 Å². The summed E-state index contributed by atoms with van der Waals surface area (Å²) in [6, 6.07) is 6.23. The van der Waals surface area contributed by atoms with Crippen molar-refractivity contribution < 1.29 is 17.9 Å². The molecule has 0 radical (unpaired) electrons. The largest absolute Gasteiger partial charge is 0.384 e. The monoisotopic (exact) mass is 431 g/mol. The van der Waals surface area contributed by atoms with Gasteiger partial charge in [-0.2, -0.15) is 4.31 Å². The minimum absolute atomic E-state index is 0. The lowest BCUT2D eigenvalue weighted by Gasteiger charge is -2.37. The number of carbonyl (C=O) groups is 1. The lowest BCUT2D eigenvalue weighted by Crippen LogP contribution is -2.47. The van der Waals surface area contributed by atoms with Crippen molar-refractivity contribution in [3.63, 3.8) is 0 Å². The van der Waals surface area contributed by atoms with Gasteiger partial charge in [-0.3, -0.25) is 4.79 Å². The van der Waals surface area contributed by atoms with Gasteiger partial charge in [0, 0.05) is 37.7 Å². The smallest absolute Gasteiger partial charge is 0.251 e. The van der Waals surface area contributed by atoms with Crippen LogP contribution in [-0.4, -0.2) is 65.1 Å². The number of ether oxygens (including phenoxy) is 1. The molecule has 0 aromatic heterocycles. The minimum Gasteiger partial charge on any atom is -0.384 e. The summed E-state index contributed by atoms with van der Waals surface area (Å²) in [5, 5.41) is 6.33. The molecule has 3 rings (SSSR count). The molecule has 158 valence electrons. The fourth-order valence-corrected chi connectivity index (χ4v) is 5.38. The summed E-state index contributed by atoms with van der Waals surface area (Å²) in [7, 11) is -1.76. The van der Waals surface area contributed by atoms with Crippen molar-refractivity contribution in [2.45, 2.75) is 30.6 Å². The molecule has 2 aliphatic heterocycles. The quantitative estimate of drug-likeness (QED) is 0.685. The van der Waals surface area contributed by atoms with E-state index in [-0.39, 0.29) is 28.6 Å². The fraction of sp³-hybridized carbons (Fsp3) is 0.632. The van der Waals surface area contributed by atoms with Gasteiger partial charge in [-0.15, -0.1) is 12.4 Å². The summed E-state index contributed by atoms with van der Waals surface area (Å²) < 4.78 is 32.0. The molecule has 2 N–H and O–H groups in total. The van der Waals surface area contributed by atoms with Gasteiger partial charge in [0.15, 0.2) is 0 Å². The van der Waals surface area contributed by atoms with Crippen LogP contribution in [0.4, 0.5) is 0 Å². The Hall–Kier alpha value is -1.19. The zero-order valence-electron chi connectivity index (χ0n) is 16.3. The Morgan fingerprint density at radius 2 is 1.79 bits per heavy atom. The molecule has 0 spiro atoms. The van der Waals surface area contributed by atoms with Gasteiger partial charge in [0.05, 0.1) is 11.5 Å². The topological polar surface area (TPSA) is 87.7 Å². The third-order valence-electron chi connectivity index (χ3n) is 5.56. The molecule has 0 bridgehead atoms. The van der Waals surface area contributed by atoms with Crippen LogP contribution in [0, 0.1) is 5.41 Å². The van der Waals surface area contributed by atoms with Crippen molar-refractivity contribution in [3.05, 3.63) is 29.8 Å². The van der Waals surface area contributed by atoms with E-state index in [1.54, 1.807) is 19.2 Å². The summed E-state index contributed by atoms with van der Waals surface area (Å²) in [6.07, 6.45) is 3.71. The average Bonchev–Trinajstić information content (AvgIpc) is 3.23. The SMILES string of the molecule is COCC1(CNC(=O)c2ccc(S(=O)(=O)N3CCCC3)cc2)CCNCC1.Cl. The molecule has 7 nitrogen and oxygen atoms in total. The van der Waals surface area contributed by atoms with E-state index in [4.69, 9.17) is 4.74 Å². The number of benzene rings is 1. The first-order valence-corrected chi connectivity index (χ1v) is 11.0. The van der Waals surface area contributed by atoms with Crippen molar-refractivity contribution in [3.8, 4) is 0 Å². The number of carbonyl (C=O) groups excluding carboxylic acids is 1. The Bertz CT molecular complexity index is 737. The van der Waals surface area contributed by atoms with E-state index in [2.05, 4.69) is 10.6 Å². The molecule has 1 aromatic carbocycles. The van der Waals surface area contributed by atoms with Crippen LogP contribution in [0.2, 0.25) is 0 Å². The van der Waals surface area contributed by atoms with Crippen molar-refractivity contribution in [1.82, 2.24) is 14.9 Å². The first-order chi connectivity index (χ1) is 13.0. The van der Waals surface area contributed by atoms with Crippen molar-refractivity contribution in [1.29, 1.82) is 0 Å². The number of amides is 1. The highest BCUT2D eigenvalue weighted by molar-refractivity contribution is 7.89. The first kappa shape index (κ1) is 23.1. The molecule has 0 saturated carbocycles. The summed E-state index contributed by atoms with van der Waals surface area (Å²) >= 11 is 0. The zero-order valence-corrected chi connectivity index (χ0v) is 17.9. The maximum absolute atomic E-state index is 12.6. The summed E-state index contributed by atoms with van der Waals surface area (Å²) in [5.41, 5.74) is 0.422. The summed E-state index contributed by atoms with van der Waals surface area (Å²) in [6.45, 7) is 4.14. The van der Waals surface area contributed by atoms with E-state index >= 15 is 0 Å². The molecule has 0 atom stereocenters. The summed E-state index contributed by atoms with van der Waals surface area (Å²) in [4.78, 5) is 12.8. The van der Waals surface area contributed by atoms with Crippen LogP contribution in [0.1, 0.15) is 36.0 Å². The molecule has 0 aliphatic carbocycles. The normalized spacial score (nSPS) is 19.8. The predicted octanol–water partition coefficient (Wildman–Crippen LogP) is 1.64. The molecule has 2 heterocycles. The van der Waals surface area contributed by atoms with E-state index in [0.29, 0.717) is 31.8 Å². The number of halogens is 1. The van der Waals surface area contributed by atoms with Crippen LogP contribution in [0.5, 0.6) is 0 Å². The molecule has 0 unspecified atom stereocenters. The lowest BCUT2D eigenvalue weighted by atomic mass is 9.79. The number of nitrogens with one attached hydrogen (secondary N) is 2. The highest BCUT2D eigenvalue weighted by atomic mass is 35.5. The number of methoxy groups -OCH3 is 1. The Morgan fingerprint density at radius 1 is 1.18 bits per heavy atom. The molecule has 2 aliphatic rings. The third-order valence-corrected chi connectivity index (χ3v) is 7.47. The maximum Gasteiger partial charge on any atom is 0.251 e. The number of hydrogen-bond acceptors (Lipinski definition) is 5. The van der Waals surface area contributed by atoms with Gasteiger partial charge in [-0.25, -0.2) is 8.42 Å². The van der Waals surface area contributed by atoms with Crippen LogP contribution in [0.25, 0.3) is 0 Å². The van der Waals surface area contributed by atoms with Gasteiger partial charge in [0.2, 0.25) is 10.0 Å². The van der Waals surface area contributed by atoms with E-state index < -0.39 is 10.0 Å². The second kappa shape index (κ2) is 10.0. The van der Waals surface area contributed by atoms with Crippen LogP contribution < -0.4 is 10.6 Å². The second-order valence-electron chi connectivity index (χ2n) is 7.50. The standard InChI is InChI=1S/C19H29N3O4S.ClH/c1-26-15-19(8-10-20-11-9-19)14-21-18(23)16-4-6-17(7-5-16)27(24,25)22-12-2-3-13-22;/h4-7,20H,2-3,8-15H2,1H3,(H,21,23);1H. The van der Waals surface area contributed by atoms with Crippen molar-refractivity contribution in [2.24, 2.45) is 5.41 Å². The number of hydrogen-bond donors (Lipinski definition) is 2. The van der Waals surface area contributed by atoms with Crippen LogP contribution in [0.3, 0.4) is 0 Å². The van der Waals surface area contributed by atoms with Gasteiger partial charge in [0.1, 0.15) is 0 Å². The van der Waals surface area contributed by atoms with Crippen LogP contribution in [0.15, 0.2) is 29.2 Å². The minimum atomic E-state index is -3.45. The fourth-order valence-electron chi connectivity index (χ4n) is 3.86. The maximum atomic E-state index is 12.6. The van der Waals surface area contributed by atoms with Gasteiger partial charge in [0.25, 0.3) is 5.91 Å². The van der Waals surface area contributed by atoms with Crippen molar-refractivity contribution in [2.75, 3.05) is 46.4 Å². The Kier molecular flexibility index (Phi) is 8.27. The zero-order chi connectivity index (χ0) is 19.3. The van der Waals surface area contributed by atoms with Gasteiger partial charge < -0.3 is 15.4 Å². The highest BCUT2D eigenvalue weighted by Gasteiger charge is 2.32. The molecule has 2 saturated heterocycles. The molecule has 28 heavy (non-hydrogen) atoms. The van der Waals surface area contributed by atoms with E-state index in [0.717, 1.165) is 38.8 Å². The third kappa shape index (κ3) is 5.24. The number of piperidine rings is 1. The molecular formula is C19H30ClN3O4S. The number of rotatable bonds is 7. The Labute approximate surface area is 173 Å². The van der Waals surface area contributed by atoms with E-state index in [9.17, 15) is 13.2 Å². The second-order valence-corrected chi connectivity index (χ2v) is 9.44. The Morgan fingerprint density at radius 3 is 2.36 bits per heavy atom. The number of nitrogens with zero attached hydrogens (tertiary/aromatic N) is 1. The van der Waals surface area contributed by atoms with E-state index in [1.165, 1.54) is 16.4 Å². The van der Waals surface area contributed by atoms with Crippen LogP contribution >= 0.6 is 12.4 Å². The van der Waals surface area contributed by atoms with Crippen molar-refractivity contribution >= 4 is 28.3 Å². The molecule has 1 amide bonds. The molecular weight excluding hydrogens is 402 g/mol. The number of sulfonamides is 1. The average molecular weight is 432 g/mol. The van der Waals surface area contributed by atoms with E-state index in [1.807, 2.05) is 0 Å². The van der Waals surface area contributed by atoms with Gasteiger partial charge in [-0.1, -0.05) is 0 Å². The molecule has 2 fully saturated rings. The Balaban J connectivity index is 0.00000280. The highest BCUT2D eigenvalue weighted by Crippen LogP contribution is 2.28. The molecule has 9 heteroatoms. The van der Waals surface area contributed by atoms with Crippen LogP contribution in [-0.2, 0) is 14.8 Å². The predicted molar refractivity (Wildman–Crippen MR) is 110 cm³/mol. The lowest BCUT2D eigenvalue weighted by molar-refractivity contribution is 0.0511. The van der Waals surface area contributed by atoms with Gasteiger partial charge in [-0.05, 0) is 63.0 Å².